The topological polar surface area (TPSA) is 75.8 Å². The third-order valence-corrected chi connectivity index (χ3v) is 2.47. The molecule has 2 rings (SSSR count). The quantitative estimate of drug-likeness (QED) is 0.761. The maximum absolute atomic E-state index is 11.9. The number of aliphatic hydroxyl groups excluding tert-OH is 1. The number of ether oxygens (including phenoxy) is 1. The van der Waals surface area contributed by atoms with Crippen molar-refractivity contribution in [2.75, 3.05) is 19.7 Å². The van der Waals surface area contributed by atoms with Crippen LogP contribution in [0.2, 0.25) is 0 Å². The van der Waals surface area contributed by atoms with Gasteiger partial charge in [-0.2, -0.15) is 0 Å². The van der Waals surface area contributed by atoms with Crippen LogP contribution in [-0.4, -0.2) is 53.0 Å². The zero-order valence-corrected chi connectivity index (χ0v) is 9.00. The van der Waals surface area contributed by atoms with E-state index >= 15 is 0 Å². The predicted molar refractivity (Wildman–Crippen MR) is 53.8 cm³/mol. The number of hydrogen-bond donors (Lipinski definition) is 1. The first-order valence-corrected chi connectivity index (χ1v) is 5.16. The summed E-state index contributed by atoms with van der Waals surface area (Å²) >= 11 is 0. The minimum Gasteiger partial charge on any atom is -0.394 e. The van der Waals surface area contributed by atoms with Crippen molar-refractivity contribution in [1.82, 2.24) is 10.1 Å². The fraction of sp³-hybridized carbons (Fsp3) is 0.600. The summed E-state index contributed by atoms with van der Waals surface area (Å²) in [6.07, 6.45) is 0.960. The fourth-order valence-corrected chi connectivity index (χ4v) is 1.80. The molecule has 1 fully saturated rings. The van der Waals surface area contributed by atoms with Gasteiger partial charge in [0, 0.05) is 19.2 Å². The van der Waals surface area contributed by atoms with Crippen LogP contribution in [0.4, 0.5) is 0 Å². The number of nitrogens with zero attached hydrogens (tertiary/aromatic N) is 2. The average Bonchev–Trinajstić information content (AvgIpc) is 2.80. The van der Waals surface area contributed by atoms with Crippen molar-refractivity contribution < 1.29 is 19.2 Å². The molecule has 0 aromatic carbocycles. The Morgan fingerprint density at radius 2 is 2.50 bits per heavy atom. The average molecular weight is 226 g/mol. The summed E-state index contributed by atoms with van der Waals surface area (Å²) in [5, 5.41) is 12.6. The Hall–Kier alpha value is -1.40. The van der Waals surface area contributed by atoms with Crippen molar-refractivity contribution in [3.63, 3.8) is 0 Å². The van der Waals surface area contributed by atoms with Gasteiger partial charge in [-0.25, -0.2) is 0 Å². The molecule has 6 heteroatoms. The van der Waals surface area contributed by atoms with E-state index in [2.05, 4.69) is 9.68 Å². The highest BCUT2D eigenvalue weighted by Gasteiger charge is 2.29. The summed E-state index contributed by atoms with van der Waals surface area (Å²) in [6, 6.07) is 1.52. The van der Waals surface area contributed by atoms with Gasteiger partial charge in [0.2, 0.25) is 0 Å². The Labute approximate surface area is 92.8 Å². The van der Waals surface area contributed by atoms with Crippen LogP contribution in [0.1, 0.15) is 17.4 Å². The van der Waals surface area contributed by atoms with E-state index in [4.69, 9.17) is 9.84 Å². The van der Waals surface area contributed by atoms with Gasteiger partial charge in [0.05, 0.1) is 18.8 Å². The third-order valence-electron chi connectivity index (χ3n) is 2.47. The normalized spacial score (nSPS) is 25.8. The Kier molecular flexibility index (Phi) is 3.21. The summed E-state index contributed by atoms with van der Waals surface area (Å²) in [5.41, 5.74) is 0.283. The van der Waals surface area contributed by atoms with E-state index in [-0.39, 0.29) is 30.4 Å². The van der Waals surface area contributed by atoms with Crippen LogP contribution in [-0.2, 0) is 4.74 Å². The molecule has 0 saturated carbocycles. The molecule has 2 heterocycles. The number of hydrogen-bond acceptors (Lipinski definition) is 5. The van der Waals surface area contributed by atoms with Crippen LogP contribution in [0, 0.1) is 0 Å². The molecule has 1 amide bonds. The number of carbonyl (C=O) groups is 1. The highest BCUT2D eigenvalue weighted by Crippen LogP contribution is 2.13. The van der Waals surface area contributed by atoms with Crippen LogP contribution in [0.3, 0.4) is 0 Å². The van der Waals surface area contributed by atoms with Crippen LogP contribution in [0.25, 0.3) is 0 Å². The number of amides is 1. The molecule has 1 aliphatic heterocycles. The minimum atomic E-state index is -0.320. The van der Waals surface area contributed by atoms with Crippen molar-refractivity contribution in [3.05, 3.63) is 18.0 Å². The lowest BCUT2D eigenvalue weighted by atomic mass is 10.2. The highest BCUT2D eigenvalue weighted by molar-refractivity contribution is 5.92. The molecule has 0 aliphatic carbocycles. The molecule has 1 aromatic rings. The first-order valence-electron chi connectivity index (χ1n) is 5.16. The SMILES string of the molecule is CC1CN(C(=O)c2ccon2)CC(CO)O1. The largest absolute Gasteiger partial charge is 0.394 e. The van der Waals surface area contributed by atoms with E-state index in [0.29, 0.717) is 13.1 Å². The molecular formula is C10H14N2O4. The van der Waals surface area contributed by atoms with Gasteiger partial charge in [-0.05, 0) is 6.92 Å². The van der Waals surface area contributed by atoms with Gasteiger partial charge in [0.25, 0.3) is 5.91 Å². The molecule has 1 saturated heterocycles. The zero-order chi connectivity index (χ0) is 11.5. The van der Waals surface area contributed by atoms with Crippen molar-refractivity contribution in [2.45, 2.75) is 19.1 Å². The second-order valence-electron chi connectivity index (χ2n) is 3.85. The Balaban J connectivity index is 2.06. The van der Waals surface area contributed by atoms with E-state index in [1.807, 2.05) is 6.92 Å². The summed E-state index contributed by atoms with van der Waals surface area (Å²) in [5.74, 6) is -0.192. The van der Waals surface area contributed by atoms with Gasteiger partial charge in [0.15, 0.2) is 5.69 Å². The number of morpholine rings is 1. The molecule has 0 radical (unpaired) electrons. The fourth-order valence-electron chi connectivity index (χ4n) is 1.80. The molecule has 2 atom stereocenters. The lowest BCUT2D eigenvalue weighted by Crippen LogP contribution is -2.50. The van der Waals surface area contributed by atoms with Crippen LogP contribution < -0.4 is 0 Å². The van der Waals surface area contributed by atoms with E-state index in [1.165, 1.54) is 12.3 Å². The Morgan fingerprint density at radius 3 is 3.12 bits per heavy atom. The van der Waals surface area contributed by atoms with Gasteiger partial charge in [0.1, 0.15) is 6.26 Å². The first-order chi connectivity index (χ1) is 7.70. The lowest BCUT2D eigenvalue weighted by molar-refractivity contribution is -0.0860. The standard InChI is InChI=1S/C10H14N2O4/c1-7-4-12(5-8(6-13)16-7)10(14)9-2-3-15-11-9/h2-3,7-8,13H,4-6H2,1H3. The van der Waals surface area contributed by atoms with E-state index in [0.717, 1.165) is 0 Å². The third kappa shape index (κ3) is 2.23. The van der Waals surface area contributed by atoms with Gasteiger partial charge in [-0.15, -0.1) is 0 Å². The minimum absolute atomic E-state index is 0.0817. The van der Waals surface area contributed by atoms with Crippen LogP contribution in [0.15, 0.2) is 16.9 Å². The number of carbonyl (C=O) groups excluding carboxylic acids is 1. The van der Waals surface area contributed by atoms with Gasteiger partial charge in [-0.3, -0.25) is 4.79 Å². The van der Waals surface area contributed by atoms with Crippen molar-refractivity contribution in [2.24, 2.45) is 0 Å². The molecule has 16 heavy (non-hydrogen) atoms. The second kappa shape index (κ2) is 4.63. The second-order valence-corrected chi connectivity index (χ2v) is 3.85. The summed E-state index contributed by atoms with van der Waals surface area (Å²) in [6.45, 7) is 2.66. The maximum atomic E-state index is 11.9. The summed E-state index contributed by atoms with van der Waals surface area (Å²) in [7, 11) is 0. The van der Waals surface area contributed by atoms with Crippen molar-refractivity contribution in [3.8, 4) is 0 Å². The highest BCUT2D eigenvalue weighted by atomic mass is 16.5. The van der Waals surface area contributed by atoms with E-state index in [1.54, 1.807) is 4.90 Å². The molecule has 0 spiro atoms. The molecular weight excluding hydrogens is 212 g/mol. The maximum Gasteiger partial charge on any atom is 0.276 e. The molecule has 0 bridgehead atoms. The van der Waals surface area contributed by atoms with Crippen molar-refractivity contribution in [1.29, 1.82) is 0 Å². The van der Waals surface area contributed by atoms with Crippen molar-refractivity contribution >= 4 is 5.91 Å². The first kappa shape index (κ1) is 11.1. The lowest BCUT2D eigenvalue weighted by Gasteiger charge is -2.35. The smallest absolute Gasteiger partial charge is 0.276 e. The molecule has 6 nitrogen and oxygen atoms in total. The summed E-state index contributed by atoms with van der Waals surface area (Å²) in [4.78, 5) is 13.6. The van der Waals surface area contributed by atoms with Gasteiger partial charge in [-0.1, -0.05) is 5.16 Å². The Bertz CT molecular complexity index is 352. The van der Waals surface area contributed by atoms with Crippen LogP contribution in [0.5, 0.6) is 0 Å². The molecule has 88 valence electrons. The number of rotatable bonds is 2. The van der Waals surface area contributed by atoms with Crippen LogP contribution >= 0.6 is 0 Å². The molecule has 1 aromatic heterocycles. The Morgan fingerprint density at radius 1 is 1.69 bits per heavy atom. The summed E-state index contributed by atoms with van der Waals surface area (Å²) < 4.78 is 10.1. The molecule has 1 N–H and O–H groups in total. The predicted octanol–water partition coefficient (Wildman–Crippen LogP) is -0.104. The molecule has 2 unspecified atom stereocenters. The zero-order valence-electron chi connectivity index (χ0n) is 9.00. The van der Waals surface area contributed by atoms with E-state index in [9.17, 15) is 4.79 Å². The number of aliphatic hydroxyl groups is 1. The monoisotopic (exact) mass is 226 g/mol. The number of aromatic nitrogens is 1. The van der Waals surface area contributed by atoms with Gasteiger partial charge >= 0.3 is 0 Å². The molecule has 1 aliphatic rings. The van der Waals surface area contributed by atoms with Gasteiger partial charge < -0.3 is 19.3 Å². The van der Waals surface area contributed by atoms with E-state index < -0.39 is 0 Å².